The molecule has 41 heavy (non-hydrogen) atoms. The first kappa shape index (κ1) is 25.8. The Morgan fingerprint density at radius 2 is 1.71 bits per heavy atom. The largest absolute Gasteiger partial charge is 0.488 e. The van der Waals surface area contributed by atoms with Crippen LogP contribution in [0.5, 0.6) is 17.2 Å². The Morgan fingerprint density at radius 3 is 2.54 bits per heavy atom. The SMILES string of the molecule is O=C(NN=Cc1cn(-c2ccccc2)nc1-c1ccc2c(c1)OCCO2)c1ccccc1OCc1ccc(F)cc1. The van der Waals surface area contributed by atoms with Crippen molar-refractivity contribution in [3.05, 3.63) is 126 Å². The molecule has 1 amide bonds. The van der Waals surface area contributed by atoms with E-state index in [-0.39, 0.29) is 12.4 Å². The molecule has 0 saturated carbocycles. The molecule has 1 aliphatic heterocycles. The molecule has 0 bridgehead atoms. The van der Waals surface area contributed by atoms with E-state index in [2.05, 4.69) is 10.5 Å². The van der Waals surface area contributed by atoms with Gasteiger partial charge in [-0.15, -0.1) is 0 Å². The summed E-state index contributed by atoms with van der Waals surface area (Å²) in [4.78, 5) is 13.0. The molecule has 9 heteroatoms. The Hall–Kier alpha value is -5.44. The van der Waals surface area contributed by atoms with Crippen LogP contribution in [0.2, 0.25) is 0 Å². The number of carbonyl (C=O) groups is 1. The molecule has 4 aromatic carbocycles. The molecule has 8 nitrogen and oxygen atoms in total. The minimum atomic E-state index is -0.438. The fourth-order valence-corrected chi connectivity index (χ4v) is 4.35. The number of aromatic nitrogens is 2. The number of halogens is 1. The molecule has 0 atom stereocenters. The first-order valence-corrected chi connectivity index (χ1v) is 13.0. The molecule has 6 rings (SSSR count). The van der Waals surface area contributed by atoms with Gasteiger partial charge in [0, 0.05) is 17.3 Å². The van der Waals surface area contributed by atoms with E-state index in [0.717, 1.165) is 16.8 Å². The van der Waals surface area contributed by atoms with Crippen molar-refractivity contribution in [2.75, 3.05) is 13.2 Å². The molecule has 204 valence electrons. The minimum absolute atomic E-state index is 0.186. The number of nitrogens with zero attached hydrogens (tertiary/aromatic N) is 3. The third-order valence-corrected chi connectivity index (χ3v) is 6.39. The van der Waals surface area contributed by atoms with Crippen molar-refractivity contribution >= 4 is 12.1 Å². The molecule has 1 aromatic heterocycles. The summed E-state index contributed by atoms with van der Waals surface area (Å²) in [6.07, 6.45) is 3.40. The van der Waals surface area contributed by atoms with Gasteiger partial charge in [-0.05, 0) is 60.2 Å². The summed E-state index contributed by atoms with van der Waals surface area (Å²) in [6.45, 7) is 1.17. The molecular formula is C32H25FN4O4. The van der Waals surface area contributed by atoms with Gasteiger partial charge in [-0.1, -0.05) is 42.5 Å². The number of amides is 1. The molecule has 1 N–H and O–H groups in total. The van der Waals surface area contributed by atoms with E-state index in [1.54, 1.807) is 47.3 Å². The quantitative estimate of drug-likeness (QED) is 0.196. The van der Waals surface area contributed by atoms with Crippen LogP contribution < -0.4 is 19.6 Å². The van der Waals surface area contributed by atoms with Crippen LogP contribution in [0.15, 0.2) is 108 Å². The number of rotatable bonds is 8. The Kier molecular flexibility index (Phi) is 7.40. The zero-order valence-electron chi connectivity index (χ0n) is 21.9. The van der Waals surface area contributed by atoms with Crippen LogP contribution in [0.1, 0.15) is 21.5 Å². The molecule has 0 aliphatic carbocycles. The zero-order valence-corrected chi connectivity index (χ0v) is 21.9. The molecule has 0 radical (unpaired) electrons. The molecule has 0 spiro atoms. The first-order chi connectivity index (χ1) is 20.1. The zero-order chi connectivity index (χ0) is 28.0. The number of nitrogens with one attached hydrogen (secondary N) is 1. The number of fused-ring (bicyclic) bond motifs is 1. The molecular weight excluding hydrogens is 523 g/mol. The normalized spacial score (nSPS) is 12.3. The van der Waals surface area contributed by atoms with Gasteiger partial charge in [-0.2, -0.15) is 10.2 Å². The number of benzene rings is 4. The van der Waals surface area contributed by atoms with Gasteiger partial charge in [0.05, 0.1) is 17.5 Å². The van der Waals surface area contributed by atoms with Crippen molar-refractivity contribution in [3.63, 3.8) is 0 Å². The average Bonchev–Trinajstić information content (AvgIpc) is 3.45. The van der Waals surface area contributed by atoms with Crippen LogP contribution in [0.3, 0.4) is 0 Å². The summed E-state index contributed by atoms with van der Waals surface area (Å²) in [5.74, 6) is 0.963. The lowest BCUT2D eigenvalue weighted by molar-refractivity contribution is 0.0950. The highest BCUT2D eigenvalue weighted by Crippen LogP contribution is 2.35. The summed E-state index contributed by atoms with van der Waals surface area (Å²) in [5, 5.41) is 9.04. The predicted molar refractivity (Wildman–Crippen MR) is 152 cm³/mol. The Morgan fingerprint density at radius 1 is 0.951 bits per heavy atom. The smallest absolute Gasteiger partial charge is 0.275 e. The highest BCUT2D eigenvalue weighted by molar-refractivity contribution is 5.98. The van der Waals surface area contributed by atoms with Crippen LogP contribution in [-0.4, -0.2) is 35.1 Å². The standard InChI is InChI=1S/C32H25FN4O4/c33-25-13-10-22(11-14-25)21-41-28-9-5-4-8-27(28)32(38)35-34-19-24-20-37(26-6-2-1-3-7-26)36-31(24)23-12-15-29-30(18-23)40-17-16-39-29/h1-15,18-20H,16-17,21H2,(H,35,38). The number of ether oxygens (including phenoxy) is 3. The molecule has 5 aromatic rings. The number of hydrogen-bond donors (Lipinski definition) is 1. The topological polar surface area (TPSA) is 87.0 Å². The number of hydrazone groups is 1. The van der Waals surface area contributed by atoms with Gasteiger partial charge >= 0.3 is 0 Å². The molecule has 2 heterocycles. The molecule has 0 saturated heterocycles. The Balaban J connectivity index is 1.23. The number of hydrogen-bond acceptors (Lipinski definition) is 6. The average molecular weight is 549 g/mol. The lowest BCUT2D eigenvalue weighted by atomic mass is 10.1. The van der Waals surface area contributed by atoms with Crippen molar-refractivity contribution in [2.45, 2.75) is 6.61 Å². The summed E-state index contributed by atoms with van der Waals surface area (Å²) in [5.41, 5.74) is 6.73. The van der Waals surface area contributed by atoms with Crippen LogP contribution >= 0.6 is 0 Å². The van der Waals surface area contributed by atoms with Crippen molar-refractivity contribution in [1.29, 1.82) is 0 Å². The van der Waals surface area contributed by atoms with Crippen LogP contribution in [-0.2, 0) is 6.61 Å². The summed E-state index contributed by atoms with van der Waals surface area (Å²) < 4.78 is 32.2. The van der Waals surface area contributed by atoms with Gasteiger partial charge in [-0.3, -0.25) is 4.79 Å². The van der Waals surface area contributed by atoms with Gasteiger partial charge < -0.3 is 14.2 Å². The maximum atomic E-state index is 13.2. The van der Waals surface area contributed by atoms with E-state index in [1.807, 2.05) is 54.7 Å². The van der Waals surface area contributed by atoms with Gasteiger partial charge in [0.1, 0.15) is 37.1 Å². The minimum Gasteiger partial charge on any atom is -0.488 e. The van der Waals surface area contributed by atoms with Crippen LogP contribution in [0.25, 0.3) is 16.9 Å². The fourth-order valence-electron chi connectivity index (χ4n) is 4.35. The van der Waals surface area contributed by atoms with Crippen molar-refractivity contribution in [3.8, 4) is 34.2 Å². The van der Waals surface area contributed by atoms with Crippen molar-refractivity contribution < 1.29 is 23.4 Å². The predicted octanol–water partition coefficient (Wildman–Crippen LogP) is 5.79. The maximum Gasteiger partial charge on any atom is 0.275 e. The second-order valence-corrected chi connectivity index (χ2v) is 9.18. The van der Waals surface area contributed by atoms with E-state index in [0.29, 0.717) is 47.3 Å². The Labute approximate surface area is 235 Å². The molecule has 0 unspecified atom stereocenters. The summed E-state index contributed by atoms with van der Waals surface area (Å²) >= 11 is 0. The second-order valence-electron chi connectivity index (χ2n) is 9.18. The van der Waals surface area contributed by atoms with E-state index >= 15 is 0 Å². The van der Waals surface area contributed by atoms with Crippen molar-refractivity contribution in [2.24, 2.45) is 5.10 Å². The Bertz CT molecular complexity index is 1700. The molecule has 1 aliphatic rings. The highest BCUT2D eigenvalue weighted by atomic mass is 19.1. The van der Waals surface area contributed by atoms with Crippen molar-refractivity contribution in [1.82, 2.24) is 15.2 Å². The highest BCUT2D eigenvalue weighted by Gasteiger charge is 2.17. The van der Waals surface area contributed by atoms with E-state index < -0.39 is 5.91 Å². The van der Waals surface area contributed by atoms with Gasteiger partial charge in [0.15, 0.2) is 11.5 Å². The first-order valence-electron chi connectivity index (χ1n) is 13.0. The second kappa shape index (κ2) is 11.7. The van der Waals surface area contributed by atoms with E-state index in [4.69, 9.17) is 19.3 Å². The maximum absolute atomic E-state index is 13.2. The van der Waals surface area contributed by atoms with E-state index in [9.17, 15) is 9.18 Å². The van der Waals surface area contributed by atoms with Gasteiger partial charge in [0.25, 0.3) is 5.91 Å². The van der Waals surface area contributed by atoms with Crippen LogP contribution in [0.4, 0.5) is 4.39 Å². The fraction of sp³-hybridized carbons (Fsp3) is 0.0938. The lowest BCUT2D eigenvalue weighted by Gasteiger charge is -2.18. The van der Waals surface area contributed by atoms with Gasteiger partial charge in [0.2, 0.25) is 0 Å². The number of para-hydroxylation sites is 2. The third-order valence-electron chi connectivity index (χ3n) is 6.39. The third kappa shape index (κ3) is 5.94. The van der Waals surface area contributed by atoms with Gasteiger partial charge in [-0.25, -0.2) is 14.5 Å². The van der Waals surface area contributed by atoms with Crippen LogP contribution in [0, 0.1) is 5.82 Å². The van der Waals surface area contributed by atoms with E-state index in [1.165, 1.54) is 12.1 Å². The lowest BCUT2D eigenvalue weighted by Crippen LogP contribution is -2.18. The summed E-state index contributed by atoms with van der Waals surface area (Å²) in [7, 11) is 0. The number of carbonyl (C=O) groups excluding carboxylic acids is 1. The summed E-state index contributed by atoms with van der Waals surface area (Å²) in [6, 6.07) is 28.2. The monoisotopic (exact) mass is 548 g/mol. The molecule has 0 fully saturated rings.